The molecule has 3 nitrogen and oxygen atoms in total. The first-order valence-electron chi connectivity index (χ1n) is 5.99. The molecule has 0 aliphatic carbocycles. The van der Waals surface area contributed by atoms with E-state index < -0.39 is 0 Å². The van der Waals surface area contributed by atoms with Crippen molar-refractivity contribution in [3.05, 3.63) is 70.8 Å². The molecule has 2 aromatic carbocycles. The normalized spacial score (nSPS) is 10.3. The Kier molecular flexibility index (Phi) is 4.30. The first kappa shape index (κ1) is 12.8. The molecule has 19 heavy (non-hydrogen) atoms. The molecule has 0 fully saturated rings. The van der Waals surface area contributed by atoms with Gasteiger partial charge in [0.15, 0.2) is 0 Å². The van der Waals surface area contributed by atoms with Crippen LogP contribution < -0.4 is 0 Å². The van der Waals surface area contributed by atoms with Crippen molar-refractivity contribution in [3.8, 4) is 6.07 Å². The van der Waals surface area contributed by atoms with Crippen LogP contribution in [-0.4, -0.2) is 6.21 Å². The maximum atomic E-state index is 8.68. The number of nitriles is 1. The van der Waals surface area contributed by atoms with Crippen LogP contribution in [0.2, 0.25) is 0 Å². The molecule has 0 radical (unpaired) electrons. The Labute approximate surface area is 112 Å². The van der Waals surface area contributed by atoms with Gasteiger partial charge in [-0.3, -0.25) is 0 Å². The minimum Gasteiger partial charge on any atom is -0.391 e. The van der Waals surface area contributed by atoms with E-state index >= 15 is 0 Å². The van der Waals surface area contributed by atoms with Crippen molar-refractivity contribution in [1.29, 1.82) is 5.26 Å². The lowest BCUT2D eigenvalue weighted by molar-refractivity contribution is 0.132. The van der Waals surface area contributed by atoms with Crippen molar-refractivity contribution in [3.63, 3.8) is 0 Å². The van der Waals surface area contributed by atoms with Crippen LogP contribution in [0.15, 0.2) is 53.7 Å². The van der Waals surface area contributed by atoms with Gasteiger partial charge in [-0.25, -0.2) is 0 Å². The molecule has 0 saturated carbocycles. The van der Waals surface area contributed by atoms with E-state index in [1.54, 1.807) is 18.3 Å². The zero-order valence-corrected chi connectivity index (χ0v) is 10.7. The first-order valence-corrected chi connectivity index (χ1v) is 5.99. The molecule has 0 saturated heterocycles. The Morgan fingerprint density at radius 3 is 2.42 bits per heavy atom. The summed E-state index contributed by atoms with van der Waals surface area (Å²) in [5, 5.41) is 12.6. The molecule has 0 amide bonds. The molecule has 2 aromatic rings. The third-order valence-corrected chi connectivity index (χ3v) is 2.67. The van der Waals surface area contributed by atoms with Crippen LogP contribution in [0, 0.1) is 18.3 Å². The third-order valence-electron chi connectivity index (χ3n) is 2.67. The summed E-state index contributed by atoms with van der Waals surface area (Å²) in [5.41, 5.74) is 3.85. The van der Waals surface area contributed by atoms with Crippen LogP contribution in [-0.2, 0) is 11.4 Å². The van der Waals surface area contributed by atoms with Crippen LogP contribution in [0.3, 0.4) is 0 Å². The fourth-order valence-electron chi connectivity index (χ4n) is 1.54. The number of rotatable bonds is 4. The second-order valence-electron chi connectivity index (χ2n) is 4.23. The van der Waals surface area contributed by atoms with Crippen LogP contribution >= 0.6 is 0 Å². The Bertz CT molecular complexity index is 592. The van der Waals surface area contributed by atoms with Crippen LogP contribution in [0.25, 0.3) is 0 Å². The third kappa shape index (κ3) is 3.97. The number of oxime groups is 1. The van der Waals surface area contributed by atoms with Gasteiger partial charge >= 0.3 is 0 Å². The zero-order chi connectivity index (χ0) is 13.5. The fraction of sp³-hybridized carbons (Fsp3) is 0.125. The quantitative estimate of drug-likeness (QED) is 0.616. The van der Waals surface area contributed by atoms with Crippen molar-refractivity contribution < 1.29 is 4.84 Å². The van der Waals surface area contributed by atoms with Gasteiger partial charge in [0.05, 0.1) is 17.8 Å². The largest absolute Gasteiger partial charge is 0.391 e. The summed E-state index contributed by atoms with van der Waals surface area (Å²) in [6.45, 7) is 2.44. The molecule has 0 aliphatic heterocycles. The summed E-state index contributed by atoms with van der Waals surface area (Å²) >= 11 is 0. The summed E-state index contributed by atoms with van der Waals surface area (Å²) in [6, 6.07) is 17.4. The van der Waals surface area contributed by atoms with Crippen molar-refractivity contribution in [1.82, 2.24) is 0 Å². The van der Waals surface area contributed by atoms with Crippen molar-refractivity contribution >= 4 is 6.21 Å². The lowest BCUT2D eigenvalue weighted by atomic mass is 10.2. The molecule has 0 spiro atoms. The lowest BCUT2D eigenvalue weighted by Gasteiger charge is -1.99. The Morgan fingerprint density at radius 1 is 1.11 bits per heavy atom. The molecule has 0 heterocycles. The molecule has 0 atom stereocenters. The number of hydrogen-bond acceptors (Lipinski definition) is 3. The molecule has 94 valence electrons. The van der Waals surface area contributed by atoms with Crippen LogP contribution in [0.1, 0.15) is 22.3 Å². The molecular weight excluding hydrogens is 236 g/mol. The molecule has 0 N–H and O–H groups in total. The molecule has 3 heteroatoms. The topological polar surface area (TPSA) is 45.4 Å². The van der Waals surface area contributed by atoms with Gasteiger partial charge in [-0.2, -0.15) is 5.26 Å². The van der Waals surface area contributed by atoms with Gasteiger partial charge in [-0.15, -0.1) is 0 Å². The van der Waals surface area contributed by atoms with Crippen LogP contribution in [0.4, 0.5) is 0 Å². The van der Waals surface area contributed by atoms with Crippen LogP contribution in [0.5, 0.6) is 0 Å². The number of aryl methyl sites for hydroxylation is 1. The SMILES string of the molecule is Cc1ccc(/C=N\OCc2ccc(C#N)cc2)cc1. The molecule has 0 bridgehead atoms. The van der Waals surface area contributed by atoms with Crippen molar-refractivity contribution in [2.45, 2.75) is 13.5 Å². The van der Waals surface area contributed by atoms with E-state index in [0.717, 1.165) is 11.1 Å². The summed E-state index contributed by atoms with van der Waals surface area (Å²) in [4.78, 5) is 5.21. The molecular formula is C16H14N2O. The second-order valence-corrected chi connectivity index (χ2v) is 4.23. The predicted molar refractivity (Wildman–Crippen MR) is 74.7 cm³/mol. The highest BCUT2D eigenvalue weighted by molar-refractivity contribution is 5.79. The minimum absolute atomic E-state index is 0.397. The van der Waals surface area contributed by atoms with Gasteiger partial charge in [0.1, 0.15) is 6.61 Å². The van der Waals surface area contributed by atoms with Gasteiger partial charge in [0.2, 0.25) is 0 Å². The molecule has 0 aromatic heterocycles. The van der Waals surface area contributed by atoms with Crippen molar-refractivity contribution in [2.75, 3.05) is 0 Å². The highest BCUT2D eigenvalue weighted by atomic mass is 16.6. The highest BCUT2D eigenvalue weighted by Crippen LogP contribution is 2.05. The minimum atomic E-state index is 0.397. The summed E-state index contributed by atoms with van der Waals surface area (Å²) in [7, 11) is 0. The van der Waals surface area contributed by atoms with E-state index in [-0.39, 0.29) is 0 Å². The number of hydrogen-bond donors (Lipinski definition) is 0. The molecule has 0 unspecified atom stereocenters. The smallest absolute Gasteiger partial charge is 0.142 e. The maximum Gasteiger partial charge on any atom is 0.142 e. The van der Waals surface area contributed by atoms with Gasteiger partial charge in [-0.05, 0) is 30.2 Å². The van der Waals surface area contributed by atoms with Gasteiger partial charge < -0.3 is 4.84 Å². The Hall–Kier alpha value is -2.60. The zero-order valence-electron chi connectivity index (χ0n) is 10.7. The average Bonchev–Trinajstić information content (AvgIpc) is 2.46. The second kappa shape index (κ2) is 6.36. The van der Waals surface area contributed by atoms with Gasteiger partial charge in [0, 0.05) is 0 Å². The highest BCUT2D eigenvalue weighted by Gasteiger charge is 1.93. The van der Waals surface area contributed by atoms with E-state index in [2.05, 4.69) is 11.2 Å². The molecule has 0 aliphatic rings. The van der Waals surface area contributed by atoms with Gasteiger partial charge in [-0.1, -0.05) is 47.1 Å². The first-order chi connectivity index (χ1) is 9.28. The van der Waals surface area contributed by atoms with E-state index in [0.29, 0.717) is 12.2 Å². The average molecular weight is 250 g/mol. The van der Waals surface area contributed by atoms with E-state index in [1.165, 1.54) is 5.56 Å². The number of benzene rings is 2. The summed E-state index contributed by atoms with van der Waals surface area (Å²) < 4.78 is 0. The molecule has 2 rings (SSSR count). The lowest BCUT2D eigenvalue weighted by Crippen LogP contribution is -1.88. The Morgan fingerprint density at radius 2 is 1.79 bits per heavy atom. The fourth-order valence-corrected chi connectivity index (χ4v) is 1.54. The Balaban J connectivity index is 1.85. The summed E-state index contributed by atoms with van der Waals surface area (Å²) in [6.07, 6.45) is 1.68. The standard InChI is InChI=1S/C16H14N2O/c1-13-2-4-15(5-3-13)11-18-19-12-16-8-6-14(10-17)7-9-16/h2-9,11H,12H2,1H3/b18-11-. The van der Waals surface area contributed by atoms with E-state index in [4.69, 9.17) is 10.1 Å². The number of nitrogens with zero attached hydrogens (tertiary/aromatic N) is 2. The maximum absolute atomic E-state index is 8.68. The van der Waals surface area contributed by atoms with E-state index in [1.807, 2.05) is 43.3 Å². The predicted octanol–water partition coefficient (Wildman–Crippen LogP) is 3.42. The summed E-state index contributed by atoms with van der Waals surface area (Å²) in [5.74, 6) is 0. The van der Waals surface area contributed by atoms with Gasteiger partial charge in [0.25, 0.3) is 0 Å². The van der Waals surface area contributed by atoms with Crippen molar-refractivity contribution in [2.24, 2.45) is 5.16 Å². The van der Waals surface area contributed by atoms with E-state index in [9.17, 15) is 0 Å². The monoisotopic (exact) mass is 250 g/mol.